The van der Waals surface area contributed by atoms with Crippen LogP contribution in [0.15, 0.2) is 24.3 Å². The first-order chi connectivity index (χ1) is 9.12. The molecule has 19 heavy (non-hydrogen) atoms. The summed E-state index contributed by atoms with van der Waals surface area (Å²) in [6, 6.07) is 8.77. The topological polar surface area (TPSA) is 46.2 Å². The second-order valence-corrected chi connectivity index (χ2v) is 8.15. The highest BCUT2D eigenvalue weighted by atomic mass is 32.2. The van der Waals surface area contributed by atoms with E-state index in [2.05, 4.69) is 29.6 Å². The van der Waals surface area contributed by atoms with Crippen molar-refractivity contribution in [2.45, 2.75) is 31.7 Å². The van der Waals surface area contributed by atoms with Crippen LogP contribution in [0.25, 0.3) is 0 Å². The van der Waals surface area contributed by atoms with Gasteiger partial charge in [-0.1, -0.05) is 24.3 Å². The van der Waals surface area contributed by atoms with E-state index in [1.54, 1.807) is 0 Å². The normalized spacial score (nSPS) is 25.6. The monoisotopic (exact) mass is 279 g/mol. The molecule has 2 fully saturated rings. The molecule has 4 heteroatoms. The Morgan fingerprint density at radius 1 is 1.21 bits per heavy atom. The molecule has 1 aromatic rings. The Morgan fingerprint density at radius 2 is 2.05 bits per heavy atom. The number of sulfone groups is 1. The lowest BCUT2D eigenvalue weighted by molar-refractivity contribution is 0.521. The standard InChI is InChI=1S/C15H21NO2S/c17-19(18)7-6-13(11-19)10-16-9-12-2-1-3-15(8-12)14-4-5-14/h1-3,8,13-14,16H,4-7,9-11H2. The van der Waals surface area contributed by atoms with Gasteiger partial charge in [0.15, 0.2) is 9.84 Å². The van der Waals surface area contributed by atoms with E-state index >= 15 is 0 Å². The van der Waals surface area contributed by atoms with Crippen molar-refractivity contribution < 1.29 is 8.42 Å². The van der Waals surface area contributed by atoms with Gasteiger partial charge in [0.05, 0.1) is 11.5 Å². The van der Waals surface area contributed by atoms with E-state index in [0.29, 0.717) is 17.4 Å². The molecule has 1 aliphatic carbocycles. The maximum Gasteiger partial charge on any atom is 0.150 e. The highest BCUT2D eigenvalue weighted by Gasteiger charge is 2.27. The lowest BCUT2D eigenvalue weighted by atomic mass is 10.1. The summed E-state index contributed by atoms with van der Waals surface area (Å²) in [6.45, 7) is 1.66. The molecule has 104 valence electrons. The minimum atomic E-state index is -2.74. The zero-order valence-corrected chi connectivity index (χ0v) is 12.0. The van der Waals surface area contributed by atoms with Gasteiger partial charge in [-0.25, -0.2) is 8.42 Å². The molecule has 1 aliphatic heterocycles. The van der Waals surface area contributed by atoms with Crippen LogP contribution in [0.2, 0.25) is 0 Å². The molecular formula is C15H21NO2S. The SMILES string of the molecule is O=S1(=O)CCC(CNCc2cccc(C3CC3)c2)C1. The van der Waals surface area contributed by atoms with Crippen molar-refractivity contribution in [1.29, 1.82) is 0 Å². The van der Waals surface area contributed by atoms with Crippen molar-refractivity contribution in [1.82, 2.24) is 5.32 Å². The number of benzene rings is 1. The smallest absolute Gasteiger partial charge is 0.150 e. The van der Waals surface area contributed by atoms with Gasteiger partial charge >= 0.3 is 0 Å². The molecule has 1 atom stereocenters. The third kappa shape index (κ3) is 3.57. The van der Waals surface area contributed by atoms with Gasteiger partial charge in [-0.05, 0) is 48.8 Å². The molecule has 1 unspecified atom stereocenters. The van der Waals surface area contributed by atoms with E-state index in [4.69, 9.17) is 0 Å². The van der Waals surface area contributed by atoms with E-state index in [9.17, 15) is 8.42 Å². The van der Waals surface area contributed by atoms with Crippen molar-refractivity contribution in [3.05, 3.63) is 35.4 Å². The summed E-state index contributed by atoms with van der Waals surface area (Å²) < 4.78 is 22.7. The highest BCUT2D eigenvalue weighted by molar-refractivity contribution is 7.91. The van der Waals surface area contributed by atoms with Crippen LogP contribution in [-0.4, -0.2) is 26.5 Å². The predicted octanol–water partition coefficient (Wildman–Crippen LogP) is 2.09. The Morgan fingerprint density at radius 3 is 2.74 bits per heavy atom. The molecule has 1 saturated heterocycles. The molecule has 2 aliphatic rings. The van der Waals surface area contributed by atoms with Crippen LogP contribution in [0.3, 0.4) is 0 Å². The van der Waals surface area contributed by atoms with Gasteiger partial charge in [0.1, 0.15) is 0 Å². The van der Waals surface area contributed by atoms with E-state index in [1.165, 1.54) is 24.0 Å². The lowest BCUT2D eigenvalue weighted by Crippen LogP contribution is -2.23. The predicted molar refractivity (Wildman–Crippen MR) is 76.9 cm³/mol. The summed E-state index contributed by atoms with van der Waals surface area (Å²) in [5.41, 5.74) is 2.77. The summed E-state index contributed by atoms with van der Waals surface area (Å²) in [6.07, 6.45) is 3.48. The van der Waals surface area contributed by atoms with Crippen molar-refractivity contribution in [2.24, 2.45) is 5.92 Å². The molecule has 1 saturated carbocycles. The fraction of sp³-hybridized carbons (Fsp3) is 0.600. The van der Waals surface area contributed by atoms with Crippen LogP contribution in [0, 0.1) is 5.92 Å². The van der Waals surface area contributed by atoms with Crippen LogP contribution >= 0.6 is 0 Å². The molecule has 0 bridgehead atoms. The summed E-state index contributed by atoms with van der Waals surface area (Å²) in [4.78, 5) is 0. The van der Waals surface area contributed by atoms with Crippen LogP contribution in [0.4, 0.5) is 0 Å². The van der Waals surface area contributed by atoms with Gasteiger partial charge in [-0.2, -0.15) is 0 Å². The Bertz CT molecular complexity index is 549. The molecule has 3 nitrogen and oxygen atoms in total. The molecule has 1 heterocycles. The van der Waals surface area contributed by atoms with Gasteiger partial charge < -0.3 is 5.32 Å². The maximum atomic E-state index is 11.4. The van der Waals surface area contributed by atoms with Crippen molar-refractivity contribution in [2.75, 3.05) is 18.1 Å². The van der Waals surface area contributed by atoms with Crippen LogP contribution in [0.5, 0.6) is 0 Å². The van der Waals surface area contributed by atoms with Gasteiger partial charge in [-0.3, -0.25) is 0 Å². The Labute approximate surface area is 115 Å². The van der Waals surface area contributed by atoms with Crippen molar-refractivity contribution in [3.8, 4) is 0 Å². The maximum absolute atomic E-state index is 11.4. The lowest BCUT2D eigenvalue weighted by Gasteiger charge is -2.10. The van der Waals surface area contributed by atoms with Gasteiger partial charge in [0.2, 0.25) is 0 Å². The second kappa shape index (κ2) is 5.25. The first-order valence-electron chi connectivity index (χ1n) is 7.12. The van der Waals surface area contributed by atoms with E-state index in [0.717, 1.165) is 25.4 Å². The first-order valence-corrected chi connectivity index (χ1v) is 8.94. The third-order valence-corrected chi connectivity index (χ3v) is 5.93. The number of hydrogen-bond acceptors (Lipinski definition) is 3. The molecule has 1 aromatic carbocycles. The zero-order chi connectivity index (χ0) is 13.3. The van der Waals surface area contributed by atoms with Gasteiger partial charge in [0, 0.05) is 6.54 Å². The molecule has 0 radical (unpaired) electrons. The molecule has 0 spiro atoms. The van der Waals surface area contributed by atoms with Gasteiger partial charge in [-0.15, -0.1) is 0 Å². The van der Waals surface area contributed by atoms with Crippen LogP contribution < -0.4 is 5.32 Å². The van der Waals surface area contributed by atoms with Crippen LogP contribution in [-0.2, 0) is 16.4 Å². The summed E-state index contributed by atoms with van der Waals surface area (Å²) in [5.74, 6) is 1.83. The minimum absolute atomic E-state index is 0.302. The fourth-order valence-electron chi connectivity index (χ4n) is 2.83. The Balaban J connectivity index is 1.48. The van der Waals surface area contributed by atoms with E-state index in [1.807, 2.05) is 0 Å². The summed E-state index contributed by atoms with van der Waals surface area (Å²) >= 11 is 0. The van der Waals surface area contributed by atoms with Gasteiger partial charge in [0.25, 0.3) is 0 Å². The summed E-state index contributed by atoms with van der Waals surface area (Å²) in [7, 11) is -2.74. The number of rotatable bonds is 5. The Kier molecular flexibility index (Phi) is 3.63. The molecule has 1 N–H and O–H groups in total. The highest BCUT2D eigenvalue weighted by Crippen LogP contribution is 2.40. The molecule has 3 rings (SSSR count). The third-order valence-electron chi connectivity index (χ3n) is 4.09. The average molecular weight is 279 g/mol. The van der Waals surface area contributed by atoms with Crippen LogP contribution in [0.1, 0.15) is 36.3 Å². The fourth-order valence-corrected chi connectivity index (χ4v) is 4.69. The quantitative estimate of drug-likeness (QED) is 0.897. The van der Waals surface area contributed by atoms with Crippen molar-refractivity contribution >= 4 is 9.84 Å². The van der Waals surface area contributed by atoms with Crippen molar-refractivity contribution in [3.63, 3.8) is 0 Å². The Hall–Kier alpha value is -0.870. The largest absolute Gasteiger partial charge is 0.312 e. The molecule has 0 amide bonds. The zero-order valence-electron chi connectivity index (χ0n) is 11.1. The summed E-state index contributed by atoms with van der Waals surface area (Å²) in [5, 5.41) is 3.40. The first kappa shape index (κ1) is 13.1. The average Bonchev–Trinajstić information content (AvgIpc) is 3.16. The molecule has 0 aromatic heterocycles. The minimum Gasteiger partial charge on any atom is -0.312 e. The number of nitrogens with one attached hydrogen (secondary N) is 1. The van der Waals surface area contributed by atoms with E-state index in [-0.39, 0.29) is 0 Å². The number of hydrogen-bond donors (Lipinski definition) is 1. The second-order valence-electron chi connectivity index (χ2n) is 5.92. The van der Waals surface area contributed by atoms with E-state index < -0.39 is 9.84 Å². The molecular weight excluding hydrogens is 258 g/mol.